The molecule has 3 heterocycles. The molecule has 3 N–H and O–H groups in total. The van der Waals surface area contributed by atoms with E-state index in [0.717, 1.165) is 63.7 Å². The first-order valence-corrected chi connectivity index (χ1v) is 10.7. The Morgan fingerprint density at radius 1 is 1.34 bits per heavy atom. The standard InChI is InChI=1S/C21H35N5O2.HI/c1-2-25-11-4-7-18(25)15-24-21(23-10-9-19-8-5-13-28-19)26-12-3-6-17(16-26)14-20(22)27;/h5,8,13,17-18H,2-4,6-7,9-12,14-16H2,1H3,(H2,22,27)(H,23,24);1H. The molecule has 1 amide bonds. The SMILES string of the molecule is CCN1CCCC1CN=C(NCCc1ccco1)N1CCCC(CC(N)=O)C1.I. The van der Waals surface area contributed by atoms with Crippen LogP contribution in [0.3, 0.4) is 0 Å². The summed E-state index contributed by atoms with van der Waals surface area (Å²) in [4.78, 5) is 21.2. The summed E-state index contributed by atoms with van der Waals surface area (Å²) in [5, 5.41) is 3.54. The summed E-state index contributed by atoms with van der Waals surface area (Å²) in [5.41, 5.74) is 5.43. The van der Waals surface area contributed by atoms with Gasteiger partial charge in [-0.15, -0.1) is 24.0 Å². The number of aliphatic imine (C=N–C) groups is 1. The fourth-order valence-electron chi connectivity index (χ4n) is 4.44. The molecule has 0 saturated carbocycles. The quantitative estimate of drug-likeness (QED) is 0.315. The Morgan fingerprint density at radius 3 is 2.90 bits per heavy atom. The molecule has 2 aliphatic heterocycles. The molecule has 164 valence electrons. The minimum absolute atomic E-state index is 0. The Morgan fingerprint density at radius 2 is 2.17 bits per heavy atom. The molecule has 7 nitrogen and oxygen atoms in total. The summed E-state index contributed by atoms with van der Waals surface area (Å²) in [6.07, 6.45) is 7.62. The van der Waals surface area contributed by atoms with E-state index in [0.29, 0.717) is 18.4 Å². The highest BCUT2D eigenvalue weighted by Crippen LogP contribution is 2.20. The molecular formula is C21H36IN5O2. The highest BCUT2D eigenvalue weighted by molar-refractivity contribution is 14.0. The number of piperidine rings is 1. The van der Waals surface area contributed by atoms with Crippen LogP contribution in [0.4, 0.5) is 0 Å². The minimum atomic E-state index is -0.208. The topological polar surface area (TPSA) is 87.1 Å². The molecule has 2 atom stereocenters. The predicted octanol–water partition coefficient (Wildman–Crippen LogP) is 2.46. The second-order valence-corrected chi connectivity index (χ2v) is 7.97. The van der Waals surface area contributed by atoms with Crippen LogP contribution in [-0.4, -0.2) is 67.0 Å². The van der Waals surface area contributed by atoms with Gasteiger partial charge in [0.15, 0.2) is 5.96 Å². The van der Waals surface area contributed by atoms with Gasteiger partial charge in [0.25, 0.3) is 0 Å². The van der Waals surface area contributed by atoms with E-state index in [-0.39, 0.29) is 29.9 Å². The monoisotopic (exact) mass is 517 g/mol. The van der Waals surface area contributed by atoms with Crippen molar-refractivity contribution in [2.45, 2.75) is 51.5 Å². The molecule has 0 aliphatic carbocycles. The van der Waals surface area contributed by atoms with Crippen LogP contribution < -0.4 is 11.1 Å². The van der Waals surface area contributed by atoms with Gasteiger partial charge in [0.05, 0.1) is 12.8 Å². The summed E-state index contributed by atoms with van der Waals surface area (Å²) >= 11 is 0. The van der Waals surface area contributed by atoms with Crippen LogP contribution in [0, 0.1) is 5.92 Å². The highest BCUT2D eigenvalue weighted by Gasteiger charge is 2.26. The van der Waals surface area contributed by atoms with Gasteiger partial charge in [0.2, 0.25) is 5.91 Å². The molecule has 2 unspecified atom stereocenters. The van der Waals surface area contributed by atoms with Gasteiger partial charge in [0.1, 0.15) is 5.76 Å². The normalized spacial score (nSPS) is 23.1. The minimum Gasteiger partial charge on any atom is -0.469 e. The molecule has 0 radical (unpaired) electrons. The third kappa shape index (κ3) is 7.47. The number of amides is 1. The first kappa shape index (κ1) is 24.0. The van der Waals surface area contributed by atoms with Crippen molar-refractivity contribution in [3.63, 3.8) is 0 Å². The van der Waals surface area contributed by atoms with Crippen molar-refractivity contribution in [1.82, 2.24) is 15.1 Å². The third-order valence-electron chi connectivity index (χ3n) is 5.90. The summed E-state index contributed by atoms with van der Waals surface area (Å²) in [5.74, 6) is 2.05. The number of carbonyl (C=O) groups excluding carboxylic acids is 1. The van der Waals surface area contributed by atoms with Crippen LogP contribution in [0.1, 0.15) is 44.8 Å². The number of likely N-dealkylation sites (N-methyl/N-ethyl adjacent to an activating group) is 1. The number of likely N-dealkylation sites (tertiary alicyclic amines) is 2. The zero-order chi connectivity index (χ0) is 19.8. The number of primary amides is 1. The second-order valence-electron chi connectivity index (χ2n) is 7.97. The molecule has 8 heteroatoms. The van der Waals surface area contributed by atoms with Crippen LogP contribution in [0.15, 0.2) is 27.8 Å². The van der Waals surface area contributed by atoms with Crippen molar-refractivity contribution in [3.8, 4) is 0 Å². The van der Waals surface area contributed by atoms with Crippen molar-refractivity contribution in [3.05, 3.63) is 24.2 Å². The van der Waals surface area contributed by atoms with Gasteiger partial charge in [-0.25, -0.2) is 0 Å². The number of furan rings is 1. The number of nitrogens with one attached hydrogen (secondary N) is 1. The lowest BCUT2D eigenvalue weighted by Gasteiger charge is -2.35. The Labute approximate surface area is 191 Å². The Bertz CT molecular complexity index is 637. The predicted molar refractivity (Wildman–Crippen MR) is 127 cm³/mol. The number of halogens is 1. The van der Waals surface area contributed by atoms with E-state index < -0.39 is 0 Å². The number of rotatable bonds is 8. The second kappa shape index (κ2) is 12.4. The lowest BCUT2D eigenvalue weighted by atomic mass is 9.95. The van der Waals surface area contributed by atoms with Gasteiger partial charge < -0.3 is 20.4 Å². The number of nitrogens with two attached hydrogens (primary N) is 1. The third-order valence-corrected chi connectivity index (χ3v) is 5.90. The number of hydrogen-bond donors (Lipinski definition) is 2. The molecule has 2 saturated heterocycles. The van der Waals surface area contributed by atoms with Gasteiger partial charge >= 0.3 is 0 Å². The van der Waals surface area contributed by atoms with Crippen LogP contribution in [0.2, 0.25) is 0 Å². The molecule has 3 rings (SSSR count). The molecule has 2 fully saturated rings. The van der Waals surface area contributed by atoms with Gasteiger partial charge in [-0.2, -0.15) is 0 Å². The molecule has 0 aromatic carbocycles. The first-order valence-electron chi connectivity index (χ1n) is 10.7. The summed E-state index contributed by atoms with van der Waals surface area (Å²) < 4.78 is 5.44. The summed E-state index contributed by atoms with van der Waals surface area (Å²) in [6, 6.07) is 4.46. The lowest BCUT2D eigenvalue weighted by molar-refractivity contribution is -0.119. The summed E-state index contributed by atoms with van der Waals surface area (Å²) in [6.45, 7) is 7.93. The van der Waals surface area contributed by atoms with E-state index >= 15 is 0 Å². The van der Waals surface area contributed by atoms with Gasteiger partial charge in [-0.05, 0) is 56.8 Å². The van der Waals surface area contributed by atoms with Crippen molar-refractivity contribution in [2.75, 3.05) is 39.3 Å². The molecule has 2 aliphatic rings. The van der Waals surface area contributed by atoms with E-state index in [9.17, 15) is 4.79 Å². The maximum absolute atomic E-state index is 11.4. The van der Waals surface area contributed by atoms with E-state index in [1.54, 1.807) is 6.26 Å². The smallest absolute Gasteiger partial charge is 0.217 e. The van der Waals surface area contributed by atoms with Crippen LogP contribution >= 0.6 is 24.0 Å². The first-order chi connectivity index (χ1) is 13.7. The Hall–Kier alpha value is -1.29. The fraction of sp³-hybridized carbons (Fsp3) is 0.714. The van der Waals surface area contributed by atoms with Gasteiger partial charge in [-0.3, -0.25) is 14.7 Å². The lowest BCUT2D eigenvalue weighted by Crippen LogP contribution is -2.48. The molecule has 29 heavy (non-hydrogen) atoms. The number of nitrogens with zero attached hydrogens (tertiary/aromatic N) is 3. The molecule has 1 aromatic rings. The van der Waals surface area contributed by atoms with Crippen molar-refractivity contribution in [2.24, 2.45) is 16.6 Å². The maximum atomic E-state index is 11.4. The molecule has 0 bridgehead atoms. The Balaban J connectivity index is 0.00000300. The van der Waals surface area contributed by atoms with E-state index in [1.165, 1.54) is 19.4 Å². The van der Waals surface area contributed by atoms with Crippen LogP contribution in [0.5, 0.6) is 0 Å². The summed E-state index contributed by atoms with van der Waals surface area (Å²) in [7, 11) is 0. The van der Waals surface area contributed by atoms with Gasteiger partial charge in [0, 0.05) is 38.5 Å². The van der Waals surface area contributed by atoms with E-state index in [4.69, 9.17) is 15.1 Å². The Kier molecular flexibility index (Phi) is 10.3. The van der Waals surface area contributed by atoms with Crippen molar-refractivity contribution >= 4 is 35.8 Å². The van der Waals surface area contributed by atoms with Crippen molar-refractivity contribution in [1.29, 1.82) is 0 Å². The van der Waals surface area contributed by atoms with Gasteiger partial charge in [-0.1, -0.05) is 6.92 Å². The average Bonchev–Trinajstić information content (AvgIpc) is 3.35. The zero-order valence-electron chi connectivity index (χ0n) is 17.5. The molecule has 0 spiro atoms. The maximum Gasteiger partial charge on any atom is 0.217 e. The number of guanidine groups is 1. The number of hydrogen-bond acceptors (Lipinski definition) is 4. The fourth-order valence-corrected chi connectivity index (χ4v) is 4.44. The highest BCUT2D eigenvalue weighted by atomic mass is 127. The van der Waals surface area contributed by atoms with E-state index in [1.807, 2.05) is 12.1 Å². The average molecular weight is 517 g/mol. The largest absolute Gasteiger partial charge is 0.469 e. The van der Waals surface area contributed by atoms with E-state index in [2.05, 4.69) is 22.0 Å². The number of carbonyl (C=O) groups is 1. The molecular weight excluding hydrogens is 481 g/mol. The van der Waals surface area contributed by atoms with Crippen LogP contribution in [0.25, 0.3) is 0 Å². The van der Waals surface area contributed by atoms with Crippen molar-refractivity contribution < 1.29 is 9.21 Å². The van der Waals surface area contributed by atoms with Crippen LogP contribution in [-0.2, 0) is 11.2 Å². The molecule has 1 aromatic heterocycles. The zero-order valence-corrected chi connectivity index (χ0v) is 19.8.